The number of aliphatic hydroxyl groups excluding tert-OH is 1. The molecule has 1 amide bonds. The number of carbonyl (C=O) groups excluding carboxylic acids is 2. The fourth-order valence-electron chi connectivity index (χ4n) is 3.79. The molecule has 5 nitrogen and oxygen atoms in total. The van der Waals surface area contributed by atoms with Crippen molar-refractivity contribution in [3.8, 4) is 0 Å². The highest BCUT2D eigenvalue weighted by atomic mass is 35.5. The van der Waals surface area contributed by atoms with Crippen LogP contribution in [0.25, 0.3) is 5.76 Å². The molecule has 162 valence electrons. The second kappa shape index (κ2) is 9.15. The van der Waals surface area contributed by atoms with Gasteiger partial charge in [0.15, 0.2) is 0 Å². The number of aryl methyl sites for hydroxylation is 1. The quantitative estimate of drug-likeness (QED) is 0.303. The molecule has 0 spiro atoms. The number of rotatable bonds is 5. The van der Waals surface area contributed by atoms with Crippen LogP contribution in [0.2, 0.25) is 10.0 Å². The minimum Gasteiger partial charge on any atom is -0.507 e. The standard InChI is InChI=1S/C25H20Cl2N2O3/c1-2-15-6-8-16(9-7-15)23(30)21-22(17-10-11-19(26)20(27)13-17)29(25(32)24(21)31)14-18-5-3-4-12-28-18/h3-13,22,30H,2,14H2,1H3/b23-21-. The third kappa shape index (κ3) is 4.14. The van der Waals surface area contributed by atoms with E-state index in [1.165, 1.54) is 4.90 Å². The molecule has 3 aromatic rings. The van der Waals surface area contributed by atoms with E-state index >= 15 is 0 Å². The Morgan fingerprint density at radius 3 is 2.41 bits per heavy atom. The third-order valence-corrected chi connectivity index (χ3v) is 6.23. The Bertz CT molecular complexity index is 1210. The zero-order valence-electron chi connectivity index (χ0n) is 17.3. The number of benzene rings is 2. The lowest BCUT2D eigenvalue weighted by Gasteiger charge is -2.25. The zero-order valence-corrected chi connectivity index (χ0v) is 18.8. The molecule has 0 radical (unpaired) electrons. The van der Waals surface area contributed by atoms with Crippen LogP contribution < -0.4 is 0 Å². The number of aromatic nitrogens is 1. The smallest absolute Gasteiger partial charge is 0.296 e. The topological polar surface area (TPSA) is 70.5 Å². The van der Waals surface area contributed by atoms with Gasteiger partial charge >= 0.3 is 0 Å². The second-order valence-electron chi connectivity index (χ2n) is 7.47. The van der Waals surface area contributed by atoms with E-state index in [0.717, 1.165) is 12.0 Å². The summed E-state index contributed by atoms with van der Waals surface area (Å²) in [5.41, 5.74) is 2.75. The van der Waals surface area contributed by atoms with Crippen molar-refractivity contribution in [3.05, 3.63) is 105 Å². The maximum Gasteiger partial charge on any atom is 0.296 e. The largest absolute Gasteiger partial charge is 0.507 e. The maximum absolute atomic E-state index is 13.1. The SMILES string of the molecule is CCc1ccc(/C(O)=C2/C(=O)C(=O)N(Cc3ccccn3)C2c2ccc(Cl)c(Cl)c2)cc1. The monoisotopic (exact) mass is 466 g/mol. The second-order valence-corrected chi connectivity index (χ2v) is 8.29. The third-order valence-electron chi connectivity index (χ3n) is 5.49. The van der Waals surface area contributed by atoms with Crippen LogP contribution >= 0.6 is 23.2 Å². The van der Waals surface area contributed by atoms with E-state index in [-0.39, 0.29) is 17.9 Å². The summed E-state index contributed by atoms with van der Waals surface area (Å²) in [7, 11) is 0. The van der Waals surface area contributed by atoms with Gasteiger partial charge in [-0.25, -0.2) is 0 Å². The molecular formula is C25H20Cl2N2O3. The number of nitrogens with zero attached hydrogens (tertiary/aromatic N) is 2. The van der Waals surface area contributed by atoms with Crippen LogP contribution in [0.4, 0.5) is 0 Å². The van der Waals surface area contributed by atoms with Crippen molar-refractivity contribution in [1.82, 2.24) is 9.88 Å². The van der Waals surface area contributed by atoms with Crippen LogP contribution in [-0.2, 0) is 22.6 Å². The van der Waals surface area contributed by atoms with Crippen molar-refractivity contribution in [2.75, 3.05) is 0 Å². The molecule has 1 aromatic heterocycles. The number of aliphatic hydroxyl groups is 1. The predicted molar refractivity (Wildman–Crippen MR) is 124 cm³/mol. The van der Waals surface area contributed by atoms with E-state index in [1.54, 1.807) is 48.7 Å². The highest BCUT2D eigenvalue weighted by Gasteiger charge is 2.46. The highest BCUT2D eigenvalue weighted by Crippen LogP contribution is 2.41. The molecule has 7 heteroatoms. The van der Waals surface area contributed by atoms with Gasteiger partial charge in [0.2, 0.25) is 0 Å². The molecule has 1 aliphatic heterocycles. The number of amides is 1. The summed E-state index contributed by atoms with van der Waals surface area (Å²) in [5, 5.41) is 11.8. The molecule has 0 bridgehead atoms. The van der Waals surface area contributed by atoms with Crippen molar-refractivity contribution in [3.63, 3.8) is 0 Å². The highest BCUT2D eigenvalue weighted by molar-refractivity contribution is 6.46. The molecule has 2 aromatic carbocycles. The first-order valence-corrected chi connectivity index (χ1v) is 10.9. The Kier molecular flexibility index (Phi) is 6.31. The molecule has 1 aliphatic rings. The lowest BCUT2D eigenvalue weighted by molar-refractivity contribution is -0.140. The summed E-state index contributed by atoms with van der Waals surface area (Å²) in [5.74, 6) is -1.70. The summed E-state index contributed by atoms with van der Waals surface area (Å²) in [6.07, 6.45) is 2.47. The van der Waals surface area contributed by atoms with Crippen LogP contribution in [0.3, 0.4) is 0 Å². The number of likely N-dealkylation sites (tertiary alicyclic amines) is 1. The van der Waals surface area contributed by atoms with Gasteiger partial charge < -0.3 is 10.0 Å². The first kappa shape index (κ1) is 22.1. The molecule has 1 atom stereocenters. The molecule has 1 fully saturated rings. The van der Waals surface area contributed by atoms with Crippen molar-refractivity contribution in [2.45, 2.75) is 25.9 Å². The average molecular weight is 467 g/mol. The number of halogens is 2. The van der Waals surface area contributed by atoms with E-state index in [4.69, 9.17) is 23.2 Å². The summed E-state index contributed by atoms with van der Waals surface area (Å²) in [6, 6.07) is 16.7. The van der Waals surface area contributed by atoms with Crippen LogP contribution in [0.5, 0.6) is 0 Å². The van der Waals surface area contributed by atoms with E-state index in [1.807, 2.05) is 25.1 Å². The molecule has 1 N–H and O–H groups in total. The van der Waals surface area contributed by atoms with E-state index in [9.17, 15) is 14.7 Å². The predicted octanol–water partition coefficient (Wildman–Crippen LogP) is 5.57. The van der Waals surface area contributed by atoms with Gasteiger partial charge in [-0.1, -0.05) is 66.5 Å². The van der Waals surface area contributed by atoms with Crippen molar-refractivity contribution >= 4 is 40.7 Å². The minimum absolute atomic E-state index is 0.00793. The molecular weight excluding hydrogens is 447 g/mol. The van der Waals surface area contributed by atoms with Gasteiger partial charge in [-0.3, -0.25) is 14.6 Å². The zero-order chi connectivity index (χ0) is 22.8. The fourth-order valence-corrected chi connectivity index (χ4v) is 4.10. The van der Waals surface area contributed by atoms with Gasteiger partial charge in [0.05, 0.1) is 33.9 Å². The first-order valence-electron chi connectivity index (χ1n) is 10.1. The van der Waals surface area contributed by atoms with Crippen LogP contribution in [0.1, 0.15) is 35.3 Å². The van der Waals surface area contributed by atoms with Crippen molar-refractivity contribution < 1.29 is 14.7 Å². The normalized spacial score (nSPS) is 17.7. The van der Waals surface area contributed by atoms with E-state index in [0.29, 0.717) is 26.9 Å². The molecule has 2 heterocycles. The summed E-state index contributed by atoms with van der Waals surface area (Å²) >= 11 is 12.3. The van der Waals surface area contributed by atoms with Crippen LogP contribution in [0.15, 0.2) is 72.4 Å². The Balaban J connectivity index is 1.86. The van der Waals surface area contributed by atoms with Gasteiger partial charge in [0.25, 0.3) is 11.7 Å². The van der Waals surface area contributed by atoms with Gasteiger partial charge in [-0.15, -0.1) is 0 Å². The Morgan fingerprint density at radius 1 is 1.03 bits per heavy atom. The number of hydrogen-bond acceptors (Lipinski definition) is 4. The summed E-state index contributed by atoms with van der Waals surface area (Å²) < 4.78 is 0. The number of pyridine rings is 1. The molecule has 0 aliphatic carbocycles. The van der Waals surface area contributed by atoms with Gasteiger partial charge in [-0.05, 0) is 41.8 Å². The molecule has 1 saturated heterocycles. The minimum atomic E-state index is -0.836. The van der Waals surface area contributed by atoms with Crippen molar-refractivity contribution in [2.24, 2.45) is 0 Å². The number of ketones is 1. The van der Waals surface area contributed by atoms with E-state index < -0.39 is 17.7 Å². The van der Waals surface area contributed by atoms with Gasteiger partial charge in [0, 0.05) is 11.8 Å². The molecule has 0 saturated carbocycles. The molecule has 4 rings (SSSR count). The van der Waals surface area contributed by atoms with Crippen molar-refractivity contribution in [1.29, 1.82) is 0 Å². The number of hydrogen-bond donors (Lipinski definition) is 1. The van der Waals surface area contributed by atoms with Gasteiger partial charge in [-0.2, -0.15) is 0 Å². The molecule has 32 heavy (non-hydrogen) atoms. The summed E-state index contributed by atoms with van der Waals surface area (Å²) in [4.78, 5) is 31.8. The van der Waals surface area contributed by atoms with E-state index in [2.05, 4.69) is 4.98 Å². The Morgan fingerprint density at radius 2 is 1.78 bits per heavy atom. The fraction of sp³-hybridized carbons (Fsp3) is 0.160. The number of carbonyl (C=O) groups is 2. The van der Waals surface area contributed by atoms with Crippen LogP contribution in [0, 0.1) is 0 Å². The molecule has 1 unspecified atom stereocenters. The lowest BCUT2D eigenvalue weighted by Crippen LogP contribution is -2.29. The average Bonchev–Trinajstić information content (AvgIpc) is 3.06. The summed E-state index contributed by atoms with van der Waals surface area (Å²) in [6.45, 7) is 2.13. The lowest BCUT2D eigenvalue weighted by atomic mass is 9.95. The Labute approximate surface area is 195 Å². The maximum atomic E-state index is 13.1. The first-order chi connectivity index (χ1) is 15.4. The van der Waals surface area contributed by atoms with Crippen LogP contribution in [-0.4, -0.2) is 26.7 Å². The van der Waals surface area contributed by atoms with Gasteiger partial charge in [0.1, 0.15) is 5.76 Å². The number of Topliss-reactive ketones (excluding diaryl/α,β-unsaturated/α-hetero) is 1. The Hall–Kier alpha value is -3.15.